The molecule has 2 aromatic heterocycles. The van der Waals surface area contributed by atoms with Gasteiger partial charge < -0.3 is 4.90 Å². The topological polar surface area (TPSA) is 49.6 Å². The van der Waals surface area contributed by atoms with Crippen LogP contribution in [0.4, 0.5) is 5.82 Å². The lowest BCUT2D eigenvalue weighted by atomic mass is 9.96. The number of rotatable bonds is 5. The van der Waals surface area contributed by atoms with Crippen LogP contribution in [0.5, 0.6) is 0 Å². The highest BCUT2D eigenvalue weighted by Crippen LogP contribution is 2.30. The Morgan fingerprint density at radius 1 is 0.588 bits per heavy atom. The normalized spacial score (nSPS) is 14.7. The highest BCUT2D eigenvalue weighted by molar-refractivity contribution is 5.59. The second-order valence-electron chi connectivity index (χ2n) is 8.60. The molecule has 1 fully saturated rings. The standard InChI is InChI=1S/C28H26N6/c1-4-10-22(11-5-1)27(23-12-6-2-7-13-23)33-20-18-32(19-21-33)26-17-16-25-29-30-28(34(25)31-26)24-14-8-3-9-15-24/h1-17,27H,18-21H2. The molecular weight excluding hydrogens is 420 g/mol. The Morgan fingerprint density at radius 3 is 1.79 bits per heavy atom. The molecule has 6 rings (SSSR count). The van der Waals surface area contributed by atoms with Gasteiger partial charge in [-0.2, -0.15) is 4.52 Å². The average Bonchev–Trinajstić information content (AvgIpc) is 3.34. The minimum Gasteiger partial charge on any atom is -0.353 e. The number of piperazine rings is 1. The van der Waals surface area contributed by atoms with Gasteiger partial charge in [0.25, 0.3) is 0 Å². The summed E-state index contributed by atoms with van der Waals surface area (Å²) in [4.78, 5) is 4.94. The van der Waals surface area contributed by atoms with E-state index in [-0.39, 0.29) is 6.04 Å². The fourth-order valence-corrected chi connectivity index (χ4v) is 4.81. The lowest BCUT2D eigenvalue weighted by Gasteiger charge is -2.40. The van der Waals surface area contributed by atoms with Crippen LogP contribution >= 0.6 is 0 Å². The van der Waals surface area contributed by atoms with Crippen molar-refractivity contribution in [1.29, 1.82) is 0 Å². The van der Waals surface area contributed by atoms with Crippen molar-refractivity contribution in [2.45, 2.75) is 6.04 Å². The Kier molecular flexibility index (Phi) is 5.49. The molecule has 6 nitrogen and oxygen atoms in total. The minimum absolute atomic E-state index is 0.252. The van der Waals surface area contributed by atoms with Crippen LogP contribution in [0.2, 0.25) is 0 Å². The van der Waals surface area contributed by atoms with Crippen LogP contribution in [0.1, 0.15) is 17.2 Å². The summed E-state index contributed by atoms with van der Waals surface area (Å²) in [7, 11) is 0. The highest BCUT2D eigenvalue weighted by Gasteiger charge is 2.27. The van der Waals surface area contributed by atoms with Crippen LogP contribution in [-0.2, 0) is 0 Å². The van der Waals surface area contributed by atoms with Gasteiger partial charge in [0, 0.05) is 31.7 Å². The van der Waals surface area contributed by atoms with E-state index in [1.807, 2.05) is 40.9 Å². The molecule has 0 bridgehead atoms. The molecule has 0 aliphatic carbocycles. The Balaban J connectivity index is 1.25. The lowest BCUT2D eigenvalue weighted by molar-refractivity contribution is 0.212. The van der Waals surface area contributed by atoms with Gasteiger partial charge in [0.2, 0.25) is 0 Å². The SMILES string of the molecule is c1ccc(-c2nnc3ccc(N4CCN(C(c5ccccc5)c5ccccc5)CC4)nn23)cc1. The number of benzene rings is 3. The van der Waals surface area contributed by atoms with Gasteiger partial charge in [-0.1, -0.05) is 91.0 Å². The van der Waals surface area contributed by atoms with Crippen molar-refractivity contribution in [3.05, 3.63) is 114 Å². The lowest BCUT2D eigenvalue weighted by Crippen LogP contribution is -2.48. The quantitative estimate of drug-likeness (QED) is 0.392. The molecule has 168 valence electrons. The summed E-state index contributed by atoms with van der Waals surface area (Å²) in [6.07, 6.45) is 0. The van der Waals surface area contributed by atoms with Gasteiger partial charge in [-0.15, -0.1) is 15.3 Å². The molecule has 34 heavy (non-hydrogen) atoms. The first-order valence-electron chi connectivity index (χ1n) is 11.7. The van der Waals surface area contributed by atoms with E-state index < -0.39 is 0 Å². The van der Waals surface area contributed by atoms with Gasteiger partial charge in [0.15, 0.2) is 11.5 Å². The van der Waals surface area contributed by atoms with Crippen molar-refractivity contribution in [2.24, 2.45) is 0 Å². The number of hydrogen-bond acceptors (Lipinski definition) is 5. The molecule has 0 N–H and O–H groups in total. The number of anilines is 1. The average molecular weight is 447 g/mol. The Bertz CT molecular complexity index is 1320. The van der Waals surface area contributed by atoms with E-state index >= 15 is 0 Å². The van der Waals surface area contributed by atoms with Gasteiger partial charge in [0.05, 0.1) is 6.04 Å². The summed E-state index contributed by atoms with van der Waals surface area (Å²) in [5, 5.41) is 13.6. The van der Waals surface area contributed by atoms with Crippen LogP contribution in [-0.4, -0.2) is 50.9 Å². The summed E-state index contributed by atoms with van der Waals surface area (Å²) in [5.74, 6) is 1.73. The molecule has 1 aliphatic heterocycles. The van der Waals surface area contributed by atoms with Crippen molar-refractivity contribution in [3.8, 4) is 11.4 Å². The summed E-state index contributed by atoms with van der Waals surface area (Å²) in [6, 6.07) is 36.0. The molecule has 1 saturated heterocycles. The van der Waals surface area contributed by atoms with E-state index in [1.54, 1.807) is 0 Å². The van der Waals surface area contributed by atoms with E-state index in [0.29, 0.717) is 0 Å². The van der Waals surface area contributed by atoms with Crippen LogP contribution in [0.3, 0.4) is 0 Å². The first-order chi connectivity index (χ1) is 16.9. The smallest absolute Gasteiger partial charge is 0.185 e. The first-order valence-corrected chi connectivity index (χ1v) is 11.7. The zero-order valence-corrected chi connectivity index (χ0v) is 18.9. The Hall–Kier alpha value is -4.03. The van der Waals surface area contributed by atoms with E-state index in [4.69, 9.17) is 5.10 Å². The molecule has 6 heteroatoms. The molecular formula is C28H26N6. The van der Waals surface area contributed by atoms with Gasteiger partial charge in [-0.05, 0) is 23.3 Å². The number of hydrogen-bond donors (Lipinski definition) is 0. The molecule has 0 amide bonds. The second-order valence-corrected chi connectivity index (χ2v) is 8.60. The highest BCUT2D eigenvalue weighted by atomic mass is 15.4. The molecule has 0 unspecified atom stereocenters. The van der Waals surface area contributed by atoms with Crippen molar-refractivity contribution >= 4 is 11.5 Å². The molecule has 3 heterocycles. The fourth-order valence-electron chi connectivity index (χ4n) is 4.81. The largest absolute Gasteiger partial charge is 0.353 e. The predicted molar refractivity (Wildman–Crippen MR) is 135 cm³/mol. The number of fused-ring (bicyclic) bond motifs is 1. The van der Waals surface area contributed by atoms with Crippen molar-refractivity contribution in [2.75, 3.05) is 31.1 Å². The third kappa shape index (κ3) is 3.93. The van der Waals surface area contributed by atoms with Crippen molar-refractivity contribution in [3.63, 3.8) is 0 Å². The van der Waals surface area contributed by atoms with Crippen LogP contribution in [0.15, 0.2) is 103 Å². The zero-order valence-electron chi connectivity index (χ0n) is 18.9. The maximum absolute atomic E-state index is 4.92. The minimum atomic E-state index is 0.252. The molecule has 3 aromatic carbocycles. The summed E-state index contributed by atoms with van der Waals surface area (Å²) in [6.45, 7) is 3.75. The summed E-state index contributed by atoms with van der Waals surface area (Å²) < 4.78 is 1.85. The van der Waals surface area contributed by atoms with E-state index in [9.17, 15) is 0 Å². The summed E-state index contributed by atoms with van der Waals surface area (Å²) in [5.41, 5.74) is 4.44. The number of nitrogens with zero attached hydrogens (tertiary/aromatic N) is 6. The van der Waals surface area contributed by atoms with Gasteiger partial charge >= 0.3 is 0 Å². The maximum atomic E-state index is 4.92. The van der Waals surface area contributed by atoms with Crippen LogP contribution in [0, 0.1) is 0 Å². The zero-order chi connectivity index (χ0) is 22.7. The molecule has 0 radical (unpaired) electrons. The van der Waals surface area contributed by atoms with Crippen molar-refractivity contribution in [1.82, 2.24) is 24.7 Å². The fraction of sp³-hybridized carbons (Fsp3) is 0.179. The molecule has 1 aliphatic rings. The molecule has 5 aromatic rings. The third-order valence-electron chi connectivity index (χ3n) is 6.51. The monoisotopic (exact) mass is 446 g/mol. The first kappa shape index (κ1) is 20.6. The number of aromatic nitrogens is 4. The van der Waals surface area contributed by atoms with E-state index in [1.165, 1.54) is 11.1 Å². The maximum Gasteiger partial charge on any atom is 0.185 e. The third-order valence-corrected chi connectivity index (χ3v) is 6.51. The second kappa shape index (κ2) is 9.08. The van der Waals surface area contributed by atoms with Crippen LogP contribution < -0.4 is 4.90 Å². The Morgan fingerprint density at radius 2 is 1.18 bits per heavy atom. The van der Waals surface area contributed by atoms with E-state index in [0.717, 1.165) is 49.0 Å². The van der Waals surface area contributed by atoms with Gasteiger partial charge in [0.1, 0.15) is 5.82 Å². The van der Waals surface area contributed by atoms with Gasteiger partial charge in [-0.25, -0.2) is 0 Å². The molecule has 0 atom stereocenters. The summed E-state index contributed by atoms with van der Waals surface area (Å²) >= 11 is 0. The van der Waals surface area contributed by atoms with Crippen LogP contribution in [0.25, 0.3) is 17.0 Å². The van der Waals surface area contributed by atoms with E-state index in [2.05, 4.69) is 86.7 Å². The predicted octanol–water partition coefficient (Wildman–Crippen LogP) is 4.70. The Labute approximate surface area is 199 Å². The van der Waals surface area contributed by atoms with Gasteiger partial charge in [-0.3, -0.25) is 4.90 Å². The van der Waals surface area contributed by atoms with Crippen molar-refractivity contribution < 1.29 is 0 Å². The molecule has 0 spiro atoms. The molecule has 0 saturated carbocycles.